The van der Waals surface area contributed by atoms with Crippen LogP contribution in [0.3, 0.4) is 0 Å². The molecule has 0 aliphatic carbocycles. The van der Waals surface area contributed by atoms with Gasteiger partial charge in [-0.3, -0.25) is 18.6 Å². The molecule has 0 aliphatic heterocycles. The van der Waals surface area contributed by atoms with Crippen LogP contribution in [0.4, 0.5) is 0 Å². The number of quaternary nitrogens is 1. The van der Waals surface area contributed by atoms with Crippen LogP contribution in [-0.2, 0) is 32.7 Å². The van der Waals surface area contributed by atoms with E-state index in [4.69, 9.17) is 18.5 Å². The Labute approximate surface area is 451 Å². The van der Waals surface area contributed by atoms with Gasteiger partial charge in [0, 0.05) is 12.8 Å². The number of carbonyl (C=O) groups excluding carboxylic acids is 2. The molecule has 2 atom stereocenters. The number of ether oxygens (including phenoxy) is 2. The zero-order valence-electron chi connectivity index (χ0n) is 46.7. The van der Waals surface area contributed by atoms with Gasteiger partial charge in [0.2, 0.25) is 0 Å². The van der Waals surface area contributed by atoms with Crippen LogP contribution in [0, 0.1) is 0 Å². The van der Waals surface area contributed by atoms with Gasteiger partial charge in [-0.05, 0) is 116 Å². The third-order valence-corrected chi connectivity index (χ3v) is 11.7. The molecule has 0 rings (SSSR count). The normalized spacial score (nSPS) is 14.6. The van der Waals surface area contributed by atoms with Gasteiger partial charge in [-0.25, -0.2) is 4.57 Å². The van der Waals surface area contributed by atoms with Crippen molar-refractivity contribution in [2.45, 2.75) is 174 Å². The van der Waals surface area contributed by atoms with Crippen molar-refractivity contribution in [1.82, 2.24) is 0 Å². The fourth-order valence-corrected chi connectivity index (χ4v) is 7.27. The number of nitrogens with zero attached hydrogens (tertiary/aromatic N) is 1. The third kappa shape index (κ3) is 56.7. The number of carbonyl (C=O) groups is 2. The van der Waals surface area contributed by atoms with E-state index in [0.29, 0.717) is 23.9 Å². The summed E-state index contributed by atoms with van der Waals surface area (Å²) >= 11 is 0. The minimum Gasteiger partial charge on any atom is -0.462 e. The average molecular weight is 1040 g/mol. The molecule has 0 saturated carbocycles. The van der Waals surface area contributed by atoms with Crippen LogP contribution in [0.25, 0.3) is 0 Å². The molecule has 0 radical (unpaired) electrons. The van der Waals surface area contributed by atoms with E-state index in [2.05, 4.69) is 172 Å². The topological polar surface area (TPSA) is 108 Å². The van der Waals surface area contributed by atoms with Crippen LogP contribution < -0.4 is 0 Å². The molecule has 0 bridgehead atoms. The summed E-state index contributed by atoms with van der Waals surface area (Å²) in [5.74, 6) is -0.931. The number of rotatable bonds is 48. The molecule has 10 heteroatoms. The second-order valence-electron chi connectivity index (χ2n) is 18.8. The van der Waals surface area contributed by atoms with Gasteiger partial charge >= 0.3 is 19.8 Å². The molecule has 0 fully saturated rings. The van der Waals surface area contributed by atoms with Gasteiger partial charge in [-0.15, -0.1) is 0 Å². The van der Waals surface area contributed by atoms with Gasteiger partial charge in [0.1, 0.15) is 19.8 Å². The van der Waals surface area contributed by atoms with E-state index >= 15 is 0 Å². The first kappa shape index (κ1) is 69.4. The van der Waals surface area contributed by atoms with Crippen LogP contribution in [0.15, 0.2) is 170 Å². The van der Waals surface area contributed by atoms with Gasteiger partial charge in [0.05, 0.1) is 27.7 Å². The largest absolute Gasteiger partial charge is 0.472 e. The van der Waals surface area contributed by atoms with Gasteiger partial charge in [-0.1, -0.05) is 210 Å². The van der Waals surface area contributed by atoms with E-state index in [0.717, 1.165) is 128 Å². The molecule has 0 aromatic carbocycles. The number of esters is 2. The SMILES string of the molecule is CC/C=C\C/C=C\C/C=C\C/C=C\C/C=C\C/C=C\C/C=C\C/C=C\CCCCCCCCC(=O)OC(COC(=O)CC/C=C\C/C=C\C/C=C\C/C=C\C/C=C\C/C=C\CC)COP(=O)(O)OCC[N+](C)(C)C. The fraction of sp³-hybridized carbons (Fsp3) is 0.531. The van der Waals surface area contributed by atoms with E-state index in [1.807, 2.05) is 33.3 Å². The Morgan fingerprint density at radius 1 is 0.419 bits per heavy atom. The Kier molecular flexibility index (Phi) is 49.9. The van der Waals surface area contributed by atoms with Crippen LogP contribution >= 0.6 is 7.82 Å². The highest BCUT2D eigenvalue weighted by Gasteiger charge is 2.27. The standard InChI is InChI=1S/C64H100NO8P/c1-6-8-10-12-14-16-18-20-22-24-26-27-28-29-30-31-32-33-34-35-36-37-39-41-43-45-47-49-51-53-55-57-64(67)73-62(61-72-74(68,69)71-59-58-65(3,4)5)60-70-63(66)56-54-52-50-48-46-44-42-40-38-25-23-21-19-17-15-13-11-9-7-2/h8-11,14-17,20-23,26-27,29-30,32-33,35-36,38-41,44,46,50,52,62H,6-7,12-13,18-19,24-25,28,31,34,37,42-43,45,47-49,51,53-61H2,1-5H3/p+1/b10-8-,11-9-,16-14-,17-15-,22-20-,23-21-,27-26-,30-29-,33-32-,36-35-,40-38-,41-39-,46-44-,52-50-. The summed E-state index contributed by atoms with van der Waals surface area (Å²) in [6, 6.07) is 0. The first-order valence-electron chi connectivity index (χ1n) is 27.9. The van der Waals surface area contributed by atoms with Gasteiger partial charge in [-0.2, -0.15) is 0 Å². The minimum atomic E-state index is -4.42. The minimum absolute atomic E-state index is 0.00640. The highest BCUT2D eigenvalue weighted by atomic mass is 31.2. The van der Waals surface area contributed by atoms with Crippen molar-refractivity contribution in [3.8, 4) is 0 Å². The molecular weight excluding hydrogens is 942 g/mol. The number of hydrogen-bond acceptors (Lipinski definition) is 7. The van der Waals surface area contributed by atoms with Gasteiger partial charge in [0.25, 0.3) is 0 Å². The fourth-order valence-electron chi connectivity index (χ4n) is 6.52. The molecule has 0 aromatic rings. The van der Waals surface area contributed by atoms with E-state index < -0.39 is 32.5 Å². The monoisotopic (exact) mass is 1040 g/mol. The predicted octanol–water partition coefficient (Wildman–Crippen LogP) is 17.5. The van der Waals surface area contributed by atoms with Crippen molar-refractivity contribution in [3.05, 3.63) is 170 Å². The zero-order valence-corrected chi connectivity index (χ0v) is 47.6. The number of phosphoric ester groups is 1. The number of likely N-dealkylation sites (N-methyl/N-ethyl adjacent to an activating group) is 1. The lowest BCUT2D eigenvalue weighted by atomic mass is 10.1. The predicted molar refractivity (Wildman–Crippen MR) is 316 cm³/mol. The lowest BCUT2D eigenvalue weighted by Gasteiger charge is -2.24. The summed E-state index contributed by atoms with van der Waals surface area (Å²) in [5, 5.41) is 0. The van der Waals surface area contributed by atoms with Crippen LogP contribution in [0.2, 0.25) is 0 Å². The summed E-state index contributed by atoms with van der Waals surface area (Å²) < 4.78 is 34.4. The number of allylic oxidation sites excluding steroid dienone is 28. The lowest BCUT2D eigenvalue weighted by molar-refractivity contribution is -0.870. The Morgan fingerprint density at radius 3 is 1.14 bits per heavy atom. The highest BCUT2D eigenvalue weighted by Crippen LogP contribution is 2.43. The van der Waals surface area contributed by atoms with Crippen LogP contribution in [0.5, 0.6) is 0 Å². The van der Waals surface area contributed by atoms with Crippen molar-refractivity contribution in [2.75, 3.05) is 47.5 Å². The van der Waals surface area contributed by atoms with E-state index in [-0.39, 0.29) is 26.1 Å². The smallest absolute Gasteiger partial charge is 0.462 e. The molecule has 0 aromatic heterocycles. The van der Waals surface area contributed by atoms with E-state index in [1.54, 1.807) is 0 Å². The van der Waals surface area contributed by atoms with Crippen molar-refractivity contribution in [3.63, 3.8) is 0 Å². The quantitative estimate of drug-likeness (QED) is 0.0211. The summed E-state index contributed by atoms with van der Waals surface area (Å²) in [6.07, 6.45) is 81.5. The molecule has 0 saturated heterocycles. The molecular formula is C64H101NO8P+. The second-order valence-corrected chi connectivity index (χ2v) is 20.3. The van der Waals surface area contributed by atoms with Crippen LogP contribution in [-0.4, -0.2) is 74.9 Å². The van der Waals surface area contributed by atoms with Crippen LogP contribution in [0.1, 0.15) is 168 Å². The lowest BCUT2D eigenvalue weighted by Crippen LogP contribution is -2.37. The first-order chi connectivity index (χ1) is 36.0. The Morgan fingerprint density at radius 2 is 0.757 bits per heavy atom. The zero-order chi connectivity index (χ0) is 54.2. The number of hydrogen-bond donors (Lipinski definition) is 1. The summed E-state index contributed by atoms with van der Waals surface area (Å²) in [5.41, 5.74) is 0. The summed E-state index contributed by atoms with van der Waals surface area (Å²) in [6.45, 7) is 4.06. The Bertz CT molecular complexity index is 1850. The molecule has 0 amide bonds. The van der Waals surface area contributed by atoms with Crippen molar-refractivity contribution in [1.29, 1.82) is 0 Å². The van der Waals surface area contributed by atoms with Gasteiger partial charge < -0.3 is 18.9 Å². The maximum absolute atomic E-state index is 12.8. The van der Waals surface area contributed by atoms with Crippen molar-refractivity contribution < 1.29 is 42.1 Å². The first-order valence-corrected chi connectivity index (χ1v) is 29.4. The van der Waals surface area contributed by atoms with E-state index in [9.17, 15) is 19.0 Å². The molecule has 0 aliphatic rings. The summed E-state index contributed by atoms with van der Waals surface area (Å²) in [7, 11) is 1.40. The second kappa shape index (κ2) is 53.2. The maximum atomic E-state index is 12.8. The number of phosphoric acid groups is 1. The molecule has 414 valence electrons. The summed E-state index contributed by atoms with van der Waals surface area (Å²) in [4.78, 5) is 35.6. The molecule has 1 N–H and O–H groups in total. The Balaban J connectivity index is 4.36. The maximum Gasteiger partial charge on any atom is 0.472 e. The molecule has 74 heavy (non-hydrogen) atoms. The van der Waals surface area contributed by atoms with E-state index in [1.165, 1.54) is 0 Å². The third-order valence-electron chi connectivity index (χ3n) is 10.8. The van der Waals surface area contributed by atoms with Crippen molar-refractivity contribution >= 4 is 19.8 Å². The molecule has 9 nitrogen and oxygen atoms in total. The Hall–Kier alpha value is -4.63. The highest BCUT2D eigenvalue weighted by molar-refractivity contribution is 7.47. The van der Waals surface area contributed by atoms with Gasteiger partial charge in [0.15, 0.2) is 6.10 Å². The molecule has 0 heterocycles. The average Bonchev–Trinajstić information content (AvgIpc) is 3.36. The molecule has 0 spiro atoms. The number of unbranched alkanes of at least 4 members (excludes halogenated alkanes) is 6. The molecule has 2 unspecified atom stereocenters. The van der Waals surface area contributed by atoms with Crippen molar-refractivity contribution in [2.24, 2.45) is 0 Å².